The van der Waals surface area contributed by atoms with Gasteiger partial charge in [0.25, 0.3) is 0 Å². The highest BCUT2D eigenvalue weighted by Gasteiger charge is 2.15. The molecule has 2 aromatic heterocycles. The Hall–Kier alpha value is -1.95. The van der Waals surface area contributed by atoms with Crippen LogP contribution in [0.5, 0.6) is 0 Å². The molecule has 1 atom stereocenters. The SMILES string of the molecule is CC(C)OCC(=O)NC(C)c1nnc2ccccn12. The van der Waals surface area contributed by atoms with Crippen molar-refractivity contribution >= 4 is 11.6 Å². The van der Waals surface area contributed by atoms with Gasteiger partial charge >= 0.3 is 0 Å². The maximum atomic E-state index is 11.7. The van der Waals surface area contributed by atoms with Crippen LogP contribution in [0.2, 0.25) is 0 Å². The molecule has 6 heteroatoms. The molecule has 0 saturated heterocycles. The lowest BCUT2D eigenvalue weighted by atomic mass is 10.3. The molecule has 0 saturated carbocycles. The minimum atomic E-state index is -0.222. The third-order valence-corrected chi connectivity index (χ3v) is 2.65. The summed E-state index contributed by atoms with van der Waals surface area (Å²) in [6, 6.07) is 5.44. The minimum absolute atomic E-state index is 0.0370. The van der Waals surface area contributed by atoms with Crippen molar-refractivity contribution in [1.82, 2.24) is 19.9 Å². The van der Waals surface area contributed by atoms with Gasteiger partial charge in [-0.1, -0.05) is 6.07 Å². The number of pyridine rings is 1. The van der Waals surface area contributed by atoms with Gasteiger partial charge in [0, 0.05) is 6.20 Å². The Balaban J connectivity index is 2.03. The van der Waals surface area contributed by atoms with Crippen LogP contribution in [0.25, 0.3) is 5.65 Å². The summed E-state index contributed by atoms with van der Waals surface area (Å²) >= 11 is 0. The molecule has 2 heterocycles. The number of hydrogen-bond acceptors (Lipinski definition) is 4. The van der Waals surface area contributed by atoms with Gasteiger partial charge in [-0.2, -0.15) is 0 Å². The number of carbonyl (C=O) groups excluding carboxylic acids is 1. The van der Waals surface area contributed by atoms with E-state index in [2.05, 4.69) is 15.5 Å². The Labute approximate surface area is 111 Å². The second-order valence-corrected chi connectivity index (χ2v) is 4.64. The van der Waals surface area contributed by atoms with Crippen molar-refractivity contribution in [2.45, 2.75) is 32.9 Å². The van der Waals surface area contributed by atoms with Crippen LogP contribution in [0.15, 0.2) is 24.4 Å². The van der Waals surface area contributed by atoms with Crippen molar-refractivity contribution in [3.05, 3.63) is 30.2 Å². The van der Waals surface area contributed by atoms with Crippen molar-refractivity contribution < 1.29 is 9.53 Å². The van der Waals surface area contributed by atoms with Crippen molar-refractivity contribution in [2.75, 3.05) is 6.61 Å². The van der Waals surface area contributed by atoms with Crippen molar-refractivity contribution in [3.8, 4) is 0 Å². The lowest BCUT2D eigenvalue weighted by Crippen LogP contribution is -2.32. The van der Waals surface area contributed by atoms with E-state index in [9.17, 15) is 4.79 Å². The molecule has 0 aliphatic rings. The van der Waals surface area contributed by atoms with Crippen LogP contribution in [0.3, 0.4) is 0 Å². The molecule has 1 amide bonds. The summed E-state index contributed by atoms with van der Waals surface area (Å²) < 4.78 is 7.11. The fourth-order valence-electron chi connectivity index (χ4n) is 1.75. The number of nitrogens with one attached hydrogen (secondary N) is 1. The molecule has 1 unspecified atom stereocenters. The van der Waals surface area contributed by atoms with Gasteiger partial charge in [-0.05, 0) is 32.9 Å². The van der Waals surface area contributed by atoms with Crippen LogP contribution >= 0.6 is 0 Å². The summed E-state index contributed by atoms with van der Waals surface area (Å²) in [6.07, 6.45) is 1.91. The number of ether oxygens (including phenoxy) is 1. The number of fused-ring (bicyclic) bond motifs is 1. The fraction of sp³-hybridized carbons (Fsp3) is 0.462. The van der Waals surface area contributed by atoms with Crippen LogP contribution in [-0.2, 0) is 9.53 Å². The highest BCUT2D eigenvalue weighted by Crippen LogP contribution is 2.11. The Morgan fingerprint density at radius 3 is 2.89 bits per heavy atom. The lowest BCUT2D eigenvalue weighted by molar-refractivity contribution is -0.127. The molecule has 0 radical (unpaired) electrons. The normalized spacial score (nSPS) is 12.8. The average Bonchev–Trinajstić information content (AvgIpc) is 2.80. The standard InChI is InChI=1S/C13H18N4O2/c1-9(2)19-8-12(18)14-10(3)13-16-15-11-6-4-5-7-17(11)13/h4-7,9-10H,8H2,1-3H3,(H,14,18). The van der Waals surface area contributed by atoms with Gasteiger partial charge in [0.2, 0.25) is 5.91 Å². The van der Waals surface area contributed by atoms with E-state index in [1.54, 1.807) is 0 Å². The molecular weight excluding hydrogens is 244 g/mol. The molecule has 6 nitrogen and oxygen atoms in total. The highest BCUT2D eigenvalue weighted by molar-refractivity contribution is 5.77. The number of hydrogen-bond donors (Lipinski definition) is 1. The largest absolute Gasteiger partial charge is 0.369 e. The molecule has 0 aliphatic carbocycles. The topological polar surface area (TPSA) is 68.5 Å². The second-order valence-electron chi connectivity index (χ2n) is 4.64. The fourth-order valence-corrected chi connectivity index (χ4v) is 1.75. The maximum Gasteiger partial charge on any atom is 0.246 e. The van der Waals surface area contributed by atoms with Crippen molar-refractivity contribution in [3.63, 3.8) is 0 Å². The van der Waals surface area contributed by atoms with E-state index in [1.165, 1.54) is 0 Å². The molecule has 0 spiro atoms. The summed E-state index contributed by atoms with van der Waals surface area (Å²) in [6.45, 7) is 5.71. The molecular formula is C13H18N4O2. The van der Waals surface area contributed by atoms with E-state index in [0.717, 1.165) is 5.65 Å². The lowest BCUT2D eigenvalue weighted by Gasteiger charge is -2.13. The quantitative estimate of drug-likeness (QED) is 0.882. The van der Waals surface area contributed by atoms with E-state index < -0.39 is 0 Å². The molecule has 2 aromatic rings. The van der Waals surface area contributed by atoms with Crippen LogP contribution in [-0.4, -0.2) is 33.2 Å². The third kappa shape index (κ3) is 3.29. The molecule has 1 N–H and O–H groups in total. The predicted octanol–water partition coefficient (Wildman–Crippen LogP) is 1.33. The van der Waals surface area contributed by atoms with Gasteiger partial charge < -0.3 is 10.1 Å². The zero-order chi connectivity index (χ0) is 13.8. The Morgan fingerprint density at radius 1 is 1.37 bits per heavy atom. The molecule has 19 heavy (non-hydrogen) atoms. The zero-order valence-electron chi connectivity index (χ0n) is 11.3. The van der Waals surface area contributed by atoms with Crippen molar-refractivity contribution in [1.29, 1.82) is 0 Å². The number of nitrogens with zero attached hydrogens (tertiary/aromatic N) is 3. The van der Waals surface area contributed by atoms with Crippen LogP contribution in [0, 0.1) is 0 Å². The van der Waals surface area contributed by atoms with Gasteiger partial charge in [-0.3, -0.25) is 9.20 Å². The van der Waals surface area contributed by atoms with Gasteiger partial charge in [0.1, 0.15) is 6.61 Å². The van der Waals surface area contributed by atoms with Gasteiger partial charge in [0.05, 0.1) is 12.1 Å². The second kappa shape index (κ2) is 5.79. The van der Waals surface area contributed by atoms with E-state index in [0.29, 0.717) is 5.82 Å². The van der Waals surface area contributed by atoms with Gasteiger partial charge in [-0.15, -0.1) is 10.2 Å². The minimum Gasteiger partial charge on any atom is -0.369 e. The van der Waals surface area contributed by atoms with E-state index in [4.69, 9.17) is 4.74 Å². The first kappa shape index (κ1) is 13.5. The van der Waals surface area contributed by atoms with Crippen molar-refractivity contribution in [2.24, 2.45) is 0 Å². The van der Waals surface area contributed by atoms with E-state index in [1.807, 2.05) is 49.6 Å². The van der Waals surface area contributed by atoms with E-state index >= 15 is 0 Å². The highest BCUT2D eigenvalue weighted by atomic mass is 16.5. The van der Waals surface area contributed by atoms with Gasteiger partial charge in [0.15, 0.2) is 11.5 Å². The smallest absolute Gasteiger partial charge is 0.246 e. The maximum absolute atomic E-state index is 11.7. The predicted molar refractivity (Wildman–Crippen MR) is 70.6 cm³/mol. The summed E-state index contributed by atoms with van der Waals surface area (Å²) in [5, 5.41) is 11.0. The van der Waals surface area contributed by atoms with Gasteiger partial charge in [-0.25, -0.2) is 0 Å². The molecule has 102 valence electrons. The molecule has 2 rings (SSSR count). The Bertz CT molecular complexity index is 565. The van der Waals surface area contributed by atoms with Crippen LogP contribution < -0.4 is 5.32 Å². The summed E-state index contributed by atoms with van der Waals surface area (Å²) in [5.41, 5.74) is 0.761. The first-order chi connectivity index (χ1) is 9.08. The third-order valence-electron chi connectivity index (χ3n) is 2.65. The first-order valence-corrected chi connectivity index (χ1v) is 6.28. The van der Waals surface area contributed by atoms with Crippen LogP contribution in [0.1, 0.15) is 32.6 Å². The monoisotopic (exact) mass is 262 g/mol. The van der Waals surface area contributed by atoms with Crippen LogP contribution in [0.4, 0.5) is 0 Å². The molecule has 0 bridgehead atoms. The Kier molecular flexibility index (Phi) is 4.11. The molecule has 0 aliphatic heterocycles. The molecule has 0 aromatic carbocycles. The number of carbonyl (C=O) groups is 1. The zero-order valence-corrected chi connectivity index (χ0v) is 11.3. The first-order valence-electron chi connectivity index (χ1n) is 6.28. The molecule has 0 fully saturated rings. The summed E-state index contributed by atoms with van der Waals surface area (Å²) in [7, 11) is 0. The Morgan fingerprint density at radius 2 is 2.16 bits per heavy atom. The average molecular weight is 262 g/mol. The number of aromatic nitrogens is 3. The number of rotatable bonds is 5. The number of amides is 1. The van der Waals surface area contributed by atoms with E-state index in [-0.39, 0.29) is 24.7 Å². The summed E-state index contributed by atoms with van der Waals surface area (Å²) in [5.74, 6) is 0.544. The summed E-state index contributed by atoms with van der Waals surface area (Å²) in [4.78, 5) is 11.7.